The number of amides is 4. The molecule has 0 radical (unpaired) electrons. The molecular formula is C25H20ClN3O8. The lowest BCUT2D eigenvalue weighted by Gasteiger charge is -2.26. The highest BCUT2D eigenvalue weighted by Gasteiger charge is 2.37. The van der Waals surface area contributed by atoms with Crippen LogP contribution in [0.5, 0.6) is 11.5 Å². The average molecular weight is 526 g/mol. The van der Waals surface area contributed by atoms with Crippen LogP contribution in [0.3, 0.4) is 0 Å². The van der Waals surface area contributed by atoms with E-state index in [1.54, 1.807) is 6.07 Å². The minimum absolute atomic E-state index is 0.0892. The molecule has 0 bridgehead atoms. The van der Waals surface area contributed by atoms with Crippen molar-refractivity contribution in [1.82, 2.24) is 5.32 Å². The number of halogens is 1. The fourth-order valence-corrected chi connectivity index (χ4v) is 3.82. The third-order valence-corrected chi connectivity index (χ3v) is 5.62. The molecule has 190 valence electrons. The van der Waals surface area contributed by atoms with Crippen LogP contribution in [0.15, 0.2) is 58.5 Å². The van der Waals surface area contributed by atoms with Crippen LogP contribution in [0.25, 0.3) is 17.4 Å². The summed E-state index contributed by atoms with van der Waals surface area (Å²) in [6.45, 7) is 2.40. The Morgan fingerprint density at radius 2 is 1.89 bits per heavy atom. The number of ether oxygens (including phenoxy) is 2. The van der Waals surface area contributed by atoms with Crippen molar-refractivity contribution >= 4 is 46.9 Å². The molecule has 0 spiro atoms. The highest BCUT2D eigenvalue weighted by Crippen LogP contribution is 2.35. The number of nitrogens with zero attached hydrogens (tertiary/aromatic N) is 2. The summed E-state index contributed by atoms with van der Waals surface area (Å²) in [7, 11) is 1.43. The number of carbonyl (C=O) groups is 3. The largest absolute Gasteiger partial charge is 0.493 e. The summed E-state index contributed by atoms with van der Waals surface area (Å²) in [5.74, 6) is -0.631. The third kappa shape index (κ3) is 5.16. The Bertz CT molecular complexity index is 1450. The molecule has 0 unspecified atom stereocenters. The van der Waals surface area contributed by atoms with E-state index in [4.69, 9.17) is 25.5 Å². The topological polar surface area (TPSA) is 141 Å². The molecule has 0 atom stereocenters. The number of rotatable bonds is 8. The zero-order valence-electron chi connectivity index (χ0n) is 19.6. The molecule has 1 N–H and O–H groups in total. The summed E-state index contributed by atoms with van der Waals surface area (Å²) in [5, 5.41) is 13.2. The van der Waals surface area contributed by atoms with Gasteiger partial charge in [-0.2, -0.15) is 0 Å². The van der Waals surface area contributed by atoms with Crippen molar-refractivity contribution in [2.24, 2.45) is 0 Å². The van der Waals surface area contributed by atoms with Crippen LogP contribution in [0.4, 0.5) is 16.2 Å². The van der Waals surface area contributed by atoms with Crippen molar-refractivity contribution in [2.45, 2.75) is 13.3 Å². The lowest BCUT2D eigenvalue weighted by atomic mass is 10.1. The van der Waals surface area contributed by atoms with E-state index < -0.39 is 22.8 Å². The quantitative estimate of drug-likeness (QED) is 0.188. The first kappa shape index (κ1) is 25.5. The molecule has 0 aliphatic carbocycles. The minimum atomic E-state index is -0.922. The maximum Gasteiger partial charge on any atom is 0.335 e. The number of anilines is 1. The van der Waals surface area contributed by atoms with E-state index in [0.29, 0.717) is 23.7 Å². The van der Waals surface area contributed by atoms with E-state index in [-0.39, 0.29) is 33.5 Å². The van der Waals surface area contributed by atoms with Crippen LogP contribution < -0.4 is 19.7 Å². The lowest BCUT2D eigenvalue weighted by molar-refractivity contribution is -0.384. The summed E-state index contributed by atoms with van der Waals surface area (Å²) < 4.78 is 16.6. The van der Waals surface area contributed by atoms with Crippen LogP contribution in [-0.2, 0) is 9.59 Å². The number of furan rings is 1. The van der Waals surface area contributed by atoms with Gasteiger partial charge in [0.15, 0.2) is 11.5 Å². The Labute approximate surface area is 215 Å². The summed E-state index contributed by atoms with van der Waals surface area (Å²) in [5.41, 5.74) is 0.0176. The van der Waals surface area contributed by atoms with Crippen LogP contribution in [0, 0.1) is 10.1 Å². The van der Waals surface area contributed by atoms with E-state index in [0.717, 1.165) is 11.3 Å². The second-order valence-corrected chi connectivity index (χ2v) is 8.17. The SMILES string of the molecule is CCCOc1ccc(N2C(=O)NC(=O)/C(=C/c3ccc(-c4ccc([N+](=O)[O-])cc4Cl)o3)C2=O)cc1OC. The molecule has 37 heavy (non-hydrogen) atoms. The predicted molar refractivity (Wildman–Crippen MR) is 134 cm³/mol. The number of nitro groups is 1. The molecule has 11 nitrogen and oxygen atoms in total. The number of barbiturate groups is 1. The Kier molecular flexibility index (Phi) is 7.25. The molecule has 1 fully saturated rings. The standard InChI is InChI=1S/C25H20ClN3O8/c1-3-10-36-21-8-5-14(12-22(21)35-2)28-24(31)18(23(30)27-25(28)32)13-16-6-9-20(37-16)17-7-4-15(29(33)34)11-19(17)26/h4-9,11-13H,3,10H2,1-2H3,(H,27,30,32)/b18-13-. The van der Waals surface area contributed by atoms with Gasteiger partial charge in [0.1, 0.15) is 17.1 Å². The maximum absolute atomic E-state index is 13.2. The van der Waals surface area contributed by atoms with Crippen LogP contribution >= 0.6 is 11.6 Å². The van der Waals surface area contributed by atoms with Crippen LogP contribution in [0.1, 0.15) is 19.1 Å². The van der Waals surface area contributed by atoms with Gasteiger partial charge in [-0.05, 0) is 42.8 Å². The van der Waals surface area contributed by atoms with Gasteiger partial charge < -0.3 is 13.9 Å². The molecule has 3 aromatic rings. The smallest absolute Gasteiger partial charge is 0.335 e. The van der Waals surface area contributed by atoms with Gasteiger partial charge in [0.25, 0.3) is 17.5 Å². The normalized spacial score (nSPS) is 14.6. The van der Waals surface area contributed by atoms with E-state index >= 15 is 0 Å². The molecule has 1 aromatic heterocycles. The predicted octanol–water partition coefficient (Wildman–Crippen LogP) is 4.97. The van der Waals surface area contributed by atoms with Gasteiger partial charge in [0.2, 0.25) is 0 Å². The maximum atomic E-state index is 13.2. The Morgan fingerprint density at radius 3 is 2.57 bits per heavy atom. The number of hydrogen-bond acceptors (Lipinski definition) is 8. The fourth-order valence-electron chi connectivity index (χ4n) is 3.55. The van der Waals surface area contributed by atoms with Crippen molar-refractivity contribution < 1.29 is 33.2 Å². The Balaban J connectivity index is 1.64. The van der Waals surface area contributed by atoms with Crippen molar-refractivity contribution in [1.29, 1.82) is 0 Å². The molecular weight excluding hydrogens is 506 g/mol. The number of nitro benzene ring substituents is 1. The number of imide groups is 2. The molecule has 2 aromatic carbocycles. The fraction of sp³-hybridized carbons (Fsp3) is 0.160. The van der Waals surface area contributed by atoms with Crippen molar-refractivity contribution in [3.05, 3.63) is 75.0 Å². The highest BCUT2D eigenvalue weighted by molar-refractivity contribution is 6.39. The lowest BCUT2D eigenvalue weighted by Crippen LogP contribution is -2.54. The Morgan fingerprint density at radius 1 is 1.11 bits per heavy atom. The second kappa shape index (κ2) is 10.5. The van der Waals surface area contributed by atoms with Gasteiger partial charge in [-0.3, -0.25) is 25.0 Å². The molecule has 12 heteroatoms. The summed E-state index contributed by atoms with van der Waals surface area (Å²) in [6, 6.07) is 10.5. The van der Waals surface area contributed by atoms with Crippen LogP contribution in [-0.4, -0.2) is 36.5 Å². The molecule has 1 aliphatic rings. The van der Waals surface area contributed by atoms with Crippen LogP contribution in [0.2, 0.25) is 5.02 Å². The van der Waals surface area contributed by atoms with E-state index in [1.807, 2.05) is 6.92 Å². The van der Waals surface area contributed by atoms with Crippen molar-refractivity contribution in [3.63, 3.8) is 0 Å². The van der Waals surface area contributed by atoms with Gasteiger partial charge in [0, 0.05) is 23.8 Å². The van der Waals surface area contributed by atoms with Gasteiger partial charge in [0.05, 0.1) is 29.4 Å². The van der Waals surface area contributed by atoms with Gasteiger partial charge in [-0.1, -0.05) is 18.5 Å². The molecule has 1 saturated heterocycles. The first-order valence-electron chi connectivity index (χ1n) is 11.0. The molecule has 4 rings (SSSR count). The number of nitrogens with one attached hydrogen (secondary N) is 1. The Hall–Kier alpha value is -4.64. The van der Waals surface area contributed by atoms with E-state index in [2.05, 4.69) is 5.32 Å². The summed E-state index contributed by atoms with van der Waals surface area (Å²) in [6.07, 6.45) is 1.97. The summed E-state index contributed by atoms with van der Waals surface area (Å²) >= 11 is 6.16. The molecule has 2 heterocycles. The number of carbonyl (C=O) groups excluding carboxylic acids is 3. The molecule has 0 saturated carbocycles. The monoisotopic (exact) mass is 525 g/mol. The number of benzene rings is 2. The zero-order chi connectivity index (χ0) is 26.7. The van der Waals surface area contributed by atoms with Gasteiger partial charge in [-0.15, -0.1) is 0 Å². The number of non-ortho nitro benzene ring substituents is 1. The summed E-state index contributed by atoms with van der Waals surface area (Å²) in [4.78, 5) is 49.4. The van der Waals surface area contributed by atoms with Crippen molar-refractivity contribution in [3.8, 4) is 22.8 Å². The first-order valence-corrected chi connectivity index (χ1v) is 11.4. The second-order valence-electron chi connectivity index (χ2n) is 7.76. The van der Waals surface area contributed by atoms with Gasteiger partial charge >= 0.3 is 6.03 Å². The first-order chi connectivity index (χ1) is 17.7. The van der Waals surface area contributed by atoms with E-state index in [9.17, 15) is 24.5 Å². The highest BCUT2D eigenvalue weighted by atomic mass is 35.5. The van der Waals surface area contributed by atoms with E-state index in [1.165, 1.54) is 55.7 Å². The minimum Gasteiger partial charge on any atom is -0.493 e. The number of urea groups is 1. The molecule has 4 amide bonds. The number of hydrogen-bond donors (Lipinski definition) is 1. The van der Waals surface area contributed by atoms with Gasteiger partial charge in [-0.25, -0.2) is 9.69 Å². The number of methoxy groups -OCH3 is 1. The third-order valence-electron chi connectivity index (χ3n) is 5.31. The van der Waals surface area contributed by atoms with Crippen molar-refractivity contribution in [2.75, 3.05) is 18.6 Å². The zero-order valence-corrected chi connectivity index (χ0v) is 20.4. The molecule has 1 aliphatic heterocycles. The average Bonchev–Trinajstić information content (AvgIpc) is 3.33.